The van der Waals surface area contributed by atoms with Crippen LogP contribution in [0.3, 0.4) is 0 Å². The Kier molecular flexibility index (Phi) is 5.71. The third kappa shape index (κ3) is 3.55. The Morgan fingerprint density at radius 2 is 1.97 bits per heavy atom. The second kappa shape index (κ2) is 8.14. The summed E-state index contributed by atoms with van der Waals surface area (Å²) in [6.07, 6.45) is -7.88. The van der Waals surface area contributed by atoms with E-state index in [1.54, 1.807) is 12.1 Å². The molecule has 0 aliphatic carbocycles. The molecule has 2 fully saturated rings. The standard InChI is InChI=1S/C20H24O10/c1-8-7-27-19-13(8)14-10(28-19)4-2-9(3-5-12(22)23)18(14)30-20-17(26)16(25)15(24)11(6-21)29-20/h2,4,11,13,15-17,19-21,24-26H,1,3,5-7H2,(H,22,23). The predicted molar refractivity (Wildman–Crippen MR) is 99.0 cm³/mol. The van der Waals surface area contributed by atoms with Gasteiger partial charge in [0.15, 0.2) is 0 Å². The van der Waals surface area contributed by atoms with Gasteiger partial charge in [-0.1, -0.05) is 12.6 Å². The molecule has 10 heteroatoms. The third-order valence-electron chi connectivity index (χ3n) is 5.63. The molecule has 2 saturated heterocycles. The third-order valence-corrected chi connectivity index (χ3v) is 5.63. The molecule has 7 unspecified atom stereocenters. The molecule has 30 heavy (non-hydrogen) atoms. The number of carboxylic acid groups (broad SMARTS) is 1. The molecule has 164 valence electrons. The van der Waals surface area contributed by atoms with Crippen molar-refractivity contribution in [3.05, 3.63) is 35.4 Å². The van der Waals surface area contributed by atoms with Gasteiger partial charge in [-0.25, -0.2) is 0 Å². The minimum absolute atomic E-state index is 0.139. The molecule has 0 spiro atoms. The number of carboxylic acids is 1. The van der Waals surface area contributed by atoms with Gasteiger partial charge < -0.3 is 44.5 Å². The van der Waals surface area contributed by atoms with Crippen molar-refractivity contribution in [1.29, 1.82) is 0 Å². The van der Waals surface area contributed by atoms with Gasteiger partial charge in [-0.3, -0.25) is 4.79 Å². The summed E-state index contributed by atoms with van der Waals surface area (Å²) in [7, 11) is 0. The van der Waals surface area contributed by atoms with Crippen LogP contribution < -0.4 is 9.47 Å². The molecule has 4 rings (SSSR count). The van der Waals surface area contributed by atoms with Gasteiger partial charge in [0, 0.05) is 6.42 Å². The number of aliphatic hydroxyl groups is 4. The van der Waals surface area contributed by atoms with Crippen LogP contribution in [0.15, 0.2) is 24.3 Å². The Morgan fingerprint density at radius 1 is 1.20 bits per heavy atom. The maximum atomic E-state index is 11.1. The Balaban J connectivity index is 1.71. The van der Waals surface area contributed by atoms with Crippen LogP contribution in [0.2, 0.25) is 0 Å². The highest BCUT2D eigenvalue weighted by molar-refractivity contribution is 5.68. The van der Waals surface area contributed by atoms with E-state index in [0.29, 0.717) is 23.5 Å². The first-order valence-corrected chi connectivity index (χ1v) is 9.62. The Morgan fingerprint density at radius 3 is 2.67 bits per heavy atom. The van der Waals surface area contributed by atoms with Gasteiger partial charge in [0.05, 0.1) is 24.7 Å². The van der Waals surface area contributed by atoms with E-state index in [1.165, 1.54) is 0 Å². The fourth-order valence-corrected chi connectivity index (χ4v) is 4.02. The zero-order chi connectivity index (χ0) is 21.6. The smallest absolute Gasteiger partial charge is 0.303 e. The van der Waals surface area contributed by atoms with E-state index in [0.717, 1.165) is 5.57 Å². The van der Waals surface area contributed by atoms with Crippen molar-refractivity contribution in [2.45, 2.75) is 55.8 Å². The lowest BCUT2D eigenvalue weighted by Crippen LogP contribution is -2.60. The van der Waals surface area contributed by atoms with Crippen LogP contribution in [0.25, 0.3) is 0 Å². The van der Waals surface area contributed by atoms with Gasteiger partial charge in [0.1, 0.15) is 35.9 Å². The summed E-state index contributed by atoms with van der Waals surface area (Å²) in [5.41, 5.74) is 1.90. The lowest BCUT2D eigenvalue weighted by atomic mass is 9.91. The highest BCUT2D eigenvalue weighted by atomic mass is 16.7. The van der Waals surface area contributed by atoms with E-state index >= 15 is 0 Å². The van der Waals surface area contributed by atoms with Crippen molar-refractivity contribution >= 4 is 5.97 Å². The number of hydrogen-bond donors (Lipinski definition) is 5. The predicted octanol–water partition coefficient (Wildman–Crippen LogP) is -0.729. The molecule has 7 atom stereocenters. The number of ether oxygens (including phenoxy) is 4. The number of fused-ring (bicyclic) bond motifs is 3. The SMILES string of the molecule is C=C1COC2Oc3ccc(CCC(=O)O)c(OC4OC(CO)C(O)C(O)C4O)c3C12. The molecule has 3 aliphatic rings. The Hall–Kier alpha value is -2.21. The quantitative estimate of drug-likeness (QED) is 0.369. The van der Waals surface area contributed by atoms with E-state index in [9.17, 15) is 25.2 Å². The van der Waals surface area contributed by atoms with Crippen LogP contribution in [0.4, 0.5) is 0 Å². The molecule has 0 bridgehead atoms. The van der Waals surface area contributed by atoms with E-state index in [2.05, 4.69) is 6.58 Å². The lowest BCUT2D eigenvalue weighted by Gasteiger charge is -2.40. The van der Waals surface area contributed by atoms with Gasteiger partial charge in [-0.2, -0.15) is 0 Å². The van der Waals surface area contributed by atoms with Gasteiger partial charge in [0.2, 0.25) is 12.6 Å². The van der Waals surface area contributed by atoms with Crippen molar-refractivity contribution < 1.29 is 49.3 Å². The van der Waals surface area contributed by atoms with E-state index in [4.69, 9.17) is 24.1 Å². The topological polar surface area (TPSA) is 155 Å². The molecule has 5 N–H and O–H groups in total. The van der Waals surface area contributed by atoms with Crippen molar-refractivity contribution in [1.82, 2.24) is 0 Å². The minimum atomic E-state index is -1.60. The Bertz CT molecular complexity index is 837. The summed E-state index contributed by atoms with van der Waals surface area (Å²) in [5, 5.41) is 48.9. The molecule has 0 saturated carbocycles. The summed E-state index contributed by atoms with van der Waals surface area (Å²) in [6, 6.07) is 3.35. The number of rotatable bonds is 6. The normalized spacial score (nSPS) is 34.9. The maximum Gasteiger partial charge on any atom is 0.303 e. The first-order chi connectivity index (χ1) is 14.3. The molecule has 0 amide bonds. The fraction of sp³-hybridized carbons (Fsp3) is 0.550. The second-order valence-corrected chi connectivity index (χ2v) is 7.61. The van der Waals surface area contributed by atoms with Crippen molar-refractivity contribution in [2.75, 3.05) is 13.2 Å². The number of carbonyl (C=O) groups is 1. The monoisotopic (exact) mass is 424 g/mol. The van der Waals surface area contributed by atoms with E-state index < -0.39 is 49.6 Å². The van der Waals surface area contributed by atoms with Crippen LogP contribution in [-0.4, -0.2) is 81.7 Å². The molecule has 3 aliphatic heterocycles. The largest absolute Gasteiger partial charge is 0.481 e. The zero-order valence-electron chi connectivity index (χ0n) is 16.0. The average Bonchev–Trinajstić information content (AvgIpc) is 3.26. The van der Waals surface area contributed by atoms with Crippen LogP contribution in [0, 0.1) is 0 Å². The van der Waals surface area contributed by atoms with Crippen LogP contribution in [-0.2, 0) is 20.7 Å². The van der Waals surface area contributed by atoms with Crippen LogP contribution >= 0.6 is 0 Å². The van der Waals surface area contributed by atoms with Crippen molar-refractivity contribution in [3.8, 4) is 11.5 Å². The number of aryl methyl sites for hydroxylation is 1. The molecule has 0 aromatic heterocycles. The zero-order valence-corrected chi connectivity index (χ0v) is 16.0. The van der Waals surface area contributed by atoms with Gasteiger partial charge in [-0.05, 0) is 23.6 Å². The van der Waals surface area contributed by atoms with Crippen LogP contribution in [0.1, 0.15) is 23.5 Å². The van der Waals surface area contributed by atoms with Crippen LogP contribution in [0.5, 0.6) is 11.5 Å². The van der Waals surface area contributed by atoms with Crippen molar-refractivity contribution in [3.63, 3.8) is 0 Å². The summed E-state index contributed by atoms with van der Waals surface area (Å²) >= 11 is 0. The van der Waals surface area contributed by atoms with Gasteiger partial charge in [0.25, 0.3) is 0 Å². The number of aliphatic hydroxyl groups excluding tert-OH is 4. The molecule has 1 aromatic rings. The molecular formula is C20H24O10. The first-order valence-electron chi connectivity index (χ1n) is 9.62. The molecule has 1 aromatic carbocycles. The second-order valence-electron chi connectivity index (χ2n) is 7.61. The van der Waals surface area contributed by atoms with Gasteiger partial charge in [-0.15, -0.1) is 0 Å². The lowest BCUT2D eigenvalue weighted by molar-refractivity contribution is -0.277. The molecule has 0 radical (unpaired) electrons. The van der Waals surface area contributed by atoms with E-state index in [1.807, 2.05) is 0 Å². The molecule has 10 nitrogen and oxygen atoms in total. The fourth-order valence-electron chi connectivity index (χ4n) is 4.02. The molecular weight excluding hydrogens is 400 g/mol. The van der Waals surface area contributed by atoms with Gasteiger partial charge >= 0.3 is 5.97 Å². The van der Waals surface area contributed by atoms with Crippen molar-refractivity contribution in [2.24, 2.45) is 0 Å². The highest BCUT2D eigenvalue weighted by Gasteiger charge is 2.48. The summed E-state index contributed by atoms with van der Waals surface area (Å²) in [4.78, 5) is 11.1. The molecule has 3 heterocycles. The summed E-state index contributed by atoms with van der Waals surface area (Å²) < 4.78 is 22.8. The number of aliphatic carboxylic acids is 1. The summed E-state index contributed by atoms with van der Waals surface area (Å²) in [5.74, 6) is -0.608. The highest BCUT2D eigenvalue weighted by Crippen LogP contribution is 2.52. The number of hydrogen-bond acceptors (Lipinski definition) is 9. The Labute approximate surface area is 171 Å². The van der Waals surface area contributed by atoms with E-state index in [-0.39, 0.29) is 24.5 Å². The number of benzene rings is 1. The maximum absolute atomic E-state index is 11.1. The summed E-state index contributed by atoms with van der Waals surface area (Å²) in [6.45, 7) is 3.71. The minimum Gasteiger partial charge on any atom is -0.481 e. The first kappa shape index (κ1) is 21.0. The average molecular weight is 424 g/mol.